The molecule has 2 heterocycles. The normalized spacial score (nSPS) is 16.4. The van der Waals surface area contributed by atoms with Crippen molar-refractivity contribution in [1.29, 1.82) is 0 Å². The van der Waals surface area contributed by atoms with Crippen LogP contribution in [0, 0.1) is 0 Å². The number of ketones is 1. The molecule has 1 saturated heterocycles. The van der Waals surface area contributed by atoms with E-state index in [0.29, 0.717) is 11.6 Å². The van der Waals surface area contributed by atoms with Gasteiger partial charge >= 0.3 is 0 Å². The Balaban J connectivity index is 1.25. The van der Waals surface area contributed by atoms with Gasteiger partial charge in [0.1, 0.15) is 0 Å². The van der Waals surface area contributed by atoms with Crippen LogP contribution in [0.3, 0.4) is 0 Å². The first-order chi connectivity index (χ1) is 17.7. The number of carbonyl (C=O) groups excluding carboxylic acids is 1. The van der Waals surface area contributed by atoms with Crippen LogP contribution in [-0.2, 0) is 17.7 Å². The zero-order valence-electron chi connectivity index (χ0n) is 20.5. The number of ether oxygens (including phenoxy) is 1. The third kappa shape index (κ3) is 4.79. The third-order valence-corrected chi connectivity index (χ3v) is 7.40. The van der Waals surface area contributed by atoms with Crippen LogP contribution >= 0.6 is 0 Å². The Labute approximate surface area is 211 Å². The Kier molecular flexibility index (Phi) is 6.30. The molecule has 2 fully saturated rings. The van der Waals surface area contributed by atoms with Crippen LogP contribution in [0.1, 0.15) is 40.4 Å². The molecule has 1 aliphatic carbocycles. The average molecular weight is 481 g/mol. The Morgan fingerprint density at radius 2 is 1.75 bits per heavy atom. The van der Waals surface area contributed by atoms with Crippen molar-refractivity contribution in [2.75, 3.05) is 38.6 Å². The maximum atomic E-state index is 13.4. The van der Waals surface area contributed by atoms with Gasteiger partial charge in [0, 0.05) is 48.6 Å². The average Bonchev–Trinajstić information content (AvgIpc) is 3.70. The lowest BCUT2D eigenvalue weighted by molar-refractivity contribution is 0.0361. The molecule has 6 rings (SSSR count). The summed E-state index contributed by atoms with van der Waals surface area (Å²) in [4.78, 5) is 15.8. The van der Waals surface area contributed by atoms with E-state index < -0.39 is 0 Å². The summed E-state index contributed by atoms with van der Waals surface area (Å²) in [7, 11) is 0. The topological polar surface area (TPSA) is 73.4 Å². The van der Waals surface area contributed by atoms with E-state index in [4.69, 9.17) is 15.6 Å². The van der Waals surface area contributed by atoms with E-state index in [1.54, 1.807) is 0 Å². The standard InChI is InChI=1S/C30H32N4O2/c31-27-10-8-23(21-4-2-1-3-5-21)18-25(27)20-29(35)24-9-11-28-26(19-24)30(22-6-7-22)32-34(28)13-12-33-14-16-36-17-15-33/h1-5,8-11,18-19,22H,6-7,12-17,20,31H2. The van der Waals surface area contributed by atoms with Gasteiger partial charge in [0.25, 0.3) is 0 Å². The zero-order valence-corrected chi connectivity index (χ0v) is 20.5. The van der Waals surface area contributed by atoms with Crippen molar-refractivity contribution < 1.29 is 9.53 Å². The van der Waals surface area contributed by atoms with Crippen molar-refractivity contribution in [3.63, 3.8) is 0 Å². The van der Waals surface area contributed by atoms with Gasteiger partial charge in [-0.2, -0.15) is 5.10 Å². The predicted octanol–water partition coefficient (Wildman–Crippen LogP) is 4.92. The highest BCUT2D eigenvalue weighted by Crippen LogP contribution is 2.42. The lowest BCUT2D eigenvalue weighted by atomic mass is 9.96. The number of nitrogens with zero attached hydrogens (tertiary/aromatic N) is 3. The van der Waals surface area contributed by atoms with Gasteiger partial charge in [0.05, 0.1) is 31.0 Å². The molecule has 1 aliphatic heterocycles. The summed E-state index contributed by atoms with van der Waals surface area (Å²) in [6.45, 7) is 5.36. The number of fused-ring (bicyclic) bond motifs is 1. The highest BCUT2D eigenvalue weighted by Gasteiger charge is 2.29. The van der Waals surface area contributed by atoms with Crippen molar-refractivity contribution in [3.8, 4) is 11.1 Å². The van der Waals surface area contributed by atoms with Crippen molar-refractivity contribution in [1.82, 2.24) is 14.7 Å². The van der Waals surface area contributed by atoms with E-state index >= 15 is 0 Å². The molecule has 2 aliphatic rings. The summed E-state index contributed by atoms with van der Waals surface area (Å²) >= 11 is 0. The number of benzene rings is 3. The Hall–Kier alpha value is -3.48. The van der Waals surface area contributed by atoms with Gasteiger partial charge in [-0.1, -0.05) is 36.4 Å². The number of morpholine rings is 1. The first-order valence-electron chi connectivity index (χ1n) is 12.9. The zero-order chi connectivity index (χ0) is 24.5. The minimum atomic E-state index is 0.0802. The molecule has 0 unspecified atom stereocenters. The summed E-state index contributed by atoms with van der Waals surface area (Å²) in [6.07, 6.45) is 2.63. The predicted molar refractivity (Wildman–Crippen MR) is 143 cm³/mol. The van der Waals surface area contributed by atoms with Gasteiger partial charge in [0.15, 0.2) is 5.78 Å². The minimum Gasteiger partial charge on any atom is -0.398 e. The second kappa shape index (κ2) is 9.88. The SMILES string of the molecule is Nc1ccc(-c2ccccc2)cc1CC(=O)c1ccc2c(c1)c(C1CC1)nn2CCN1CCOCC1. The Morgan fingerprint density at radius 3 is 2.53 bits per heavy atom. The lowest BCUT2D eigenvalue weighted by Gasteiger charge is -2.26. The molecule has 0 atom stereocenters. The number of rotatable bonds is 8. The van der Waals surface area contributed by atoms with Crippen LogP contribution < -0.4 is 5.73 Å². The van der Waals surface area contributed by atoms with Crippen LogP contribution in [0.25, 0.3) is 22.0 Å². The number of nitrogen functional groups attached to an aromatic ring is 1. The molecule has 4 aromatic rings. The first-order valence-corrected chi connectivity index (χ1v) is 12.9. The summed E-state index contributed by atoms with van der Waals surface area (Å²) in [5.41, 5.74) is 13.0. The summed E-state index contributed by atoms with van der Waals surface area (Å²) in [5, 5.41) is 6.13. The monoisotopic (exact) mass is 480 g/mol. The minimum absolute atomic E-state index is 0.0802. The number of hydrogen-bond acceptors (Lipinski definition) is 5. The highest BCUT2D eigenvalue weighted by molar-refractivity contribution is 6.01. The van der Waals surface area contributed by atoms with Crippen LogP contribution in [0.2, 0.25) is 0 Å². The van der Waals surface area contributed by atoms with Crippen molar-refractivity contribution in [2.45, 2.75) is 31.7 Å². The highest BCUT2D eigenvalue weighted by atomic mass is 16.5. The van der Waals surface area contributed by atoms with Gasteiger partial charge in [-0.05, 0) is 59.9 Å². The van der Waals surface area contributed by atoms with E-state index in [1.807, 2.05) is 42.5 Å². The van der Waals surface area contributed by atoms with E-state index in [1.165, 1.54) is 12.8 Å². The molecule has 0 amide bonds. The molecule has 184 valence electrons. The van der Waals surface area contributed by atoms with Gasteiger partial charge in [-0.15, -0.1) is 0 Å². The van der Waals surface area contributed by atoms with Crippen molar-refractivity contribution >= 4 is 22.4 Å². The third-order valence-electron chi connectivity index (χ3n) is 7.40. The number of aromatic nitrogens is 2. The second-order valence-electron chi connectivity index (χ2n) is 9.95. The van der Waals surface area contributed by atoms with Crippen molar-refractivity contribution in [2.24, 2.45) is 0 Å². The fourth-order valence-corrected chi connectivity index (χ4v) is 5.11. The maximum Gasteiger partial charge on any atom is 0.167 e. The van der Waals surface area contributed by atoms with Gasteiger partial charge in [-0.3, -0.25) is 14.4 Å². The van der Waals surface area contributed by atoms with Crippen LogP contribution in [0.5, 0.6) is 0 Å². The maximum absolute atomic E-state index is 13.4. The van der Waals surface area contributed by atoms with Crippen LogP contribution in [0.15, 0.2) is 66.7 Å². The van der Waals surface area contributed by atoms with E-state index in [2.05, 4.69) is 33.8 Å². The largest absolute Gasteiger partial charge is 0.398 e. The van der Waals surface area contributed by atoms with Crippen LogP contribution in [0.4, 0.5) is 5.69 Å². The number of Topliss-reactive ketones (excluding diaryl/α,β-unsaturated/α-hetero) is 1. The quantitative estimate of drug-likeness (QED) is 0.286. The molecule has 0 spiro atoms. The number of anilines is 1. The number of nitrogens with two attached hydrogens (primary N) is 1. The van der Waals surface area contributed by atoms with E-state index in [9.17, 15) is 4.79 Å². The molecule has 2 N–H and O–H groups in total. The molecular weight excluding hydrogens is 448 g/mol. The molecule has 3 aromatic carbocycles. The summed E-state index contributed by atoms with van der Waals surface area (Å²) in [5.74, 6) is 0.595. The molecule has 36 heavy (non-hydrogen) atoms. The molecule has 0 radical (unpaired) electrons. The molecule has 0 bridgehead atoms. The van der Waals surface area contributed by atoms with Gasteiger partial charge in [0.2, 0.25) is 0 Å². The fourth-order valence-electron chi connectivity index (χ4n) is 5.11. The summed E-state index contributed by atoms with van der Waals surface area (Å²) in [6, 6.07) is 22.2. The molecular formula is C30H32N4O2. The van der Waals surface area contributed by atoms with Gasteiger partial charge in [-0.25, -0.2) is 0 Å². The van der Waals surface area contributed by atoms with E-state index in [-0.39, 0.29) is 12.2 Å². The van der Waals surface area contributed by atoms with Gasteiger partial charge < -0.3 is 10.5 Å². The smallest absolute Gasteiger partial charge is 0.167 e. The number of carbonyl (C=O) groups is 1. The fraction of sp³-hybridized carbons (Fsp3) is 0.333. The Morgan fingerprint density at radius 1 is 0.944 bits per heavy atom. The molecule has 1 saturated carbocycles. The molecule has 1 aromatic heterocycles. The lowest BCUT2D eigenvalue weighted by Crippen LogP contribution is -2.38. The van der Waals surface area contributed by atoms with Crippen molar-refractivity contribution in [3.05, 3.63) is 83.6 Å². The van der Waals surface area contributed by atoms with E-state index in [0.717, 1.165) is 78.2 Å². The summed E-state index contributed by atoms with van der Waals surface area (Å²) < 4.78 is 7.61. The second-order valence-corrected chi connectivity index (χ2v) is 9.95. The van der Waals surface area contributed by atoms with Crippen LogP contribution in [-0.4, -0.2) is 53.3 Å². The number of hydrogen-bond donors (Lipinski definition) is 1. The molecule has 6 nitrogen and oxygen atoms in total. The first kappa shape index (κ1) is 23.0. The molecule has 6 heteroatoms. The Bertz CT molecular complexity index is 1390.